The molecule has 2 N–H and O–H groups in total. The quantitative estimate of drug-likeness (QED) is 0.817. The third-order valence-electron chi connectivity index (χ3n) is 4.48. The van der Waals surface area contributed by atoms with Crippen molar-refractivity contribution in [1.29, 1.82) is 0 Å². The summed E-state index contributed by atoms with van der Waals surface area (Å²) in [5, 5.41) is 12.2. The molecule has 2 fully saturated rings. The molecule has 20 heavy (non-hydrogen) atoms. The van der Waals surface area contributed by atoms with Crippen molar-refractivity contribution in [1.82, 2.24) is 5.32 Å². The highest BCUT2D eigenvalue weighted by atomic mass is 16.6. The molecule has 0 aromatic heterocycles. The topological polar surface area (TPSA) is 75.6 Å². The van der Waals surface area contributed by atoms with Crippen LogP contribution in [0.25, 0.3) is 0 Å². The minimum atomic E-state index is -0.680. The molecule has 5 nitrogen and oxygen atoms in total. The lowest BCUT2D eigenvalue weighted by molar-refractivity contribution is -0.154. The molecule has 2 aliphatic carbocycles. The lowest BCUT2D eigenvalue weighted by atomic mass is 9.53. The van der Waals surface area contributed by atoms with Gasteiger partial charge in [0.2, 0.25) is 0 Å². The van der Waals surface area contributed by atoms with E-state index in [0.717, 1.165) is 38.5 Å². The Bertz CT molecular complexity index is 393. The maximum Gasteiger partial charge on any atom is 0.407 e. The fourth-order valence-corrected chi connectivity index (χ4v) is 3.68. The number of hydrogen-bond donors (Lipinski definition) is 2. The van der Waals surface area contributed by atoms with Gasteiger partial charge in [-0.1, -0.05) is 12.8 Å². The second kappa shape index (κ2) is 5.26. The lowest BCUT2D eigenvalue weighted by Gasteiger charge is -2.53. The van der Waals surface area contributed by atoms with Crippen LogP contribution >= 0.6 is 0 Å². The zero-order valence-corrected chi connectivity index (χ0v) is 12.6. The van der Waals surface area contributed by atoms with Crippen molar-refractivity contribution in [2.75, 3.05) is 0 Å². The first-order chi connectivity index (χ1) is 9.22. The zero-order valence-electron chi connectivity index (χ0n) is 12.6. The number of carbonyl (C=O) groups excluding carboxylic acids is 1. The molecule has 0 radical (unpaired) electrons. The molecule has 0 aromatic rings. The van der Waals surface area contributed by atoms with Crippen LogP contribution in [0, 0.1) is 11.3 Å². The number of hydrogen-bond acceptors (Lipinski definition) is 3. The molecule has 1 atom stereocenters. The van der Waals surface area contributed by atoms with Gasteiger partial charge in [-0.25, -0.2) is 4.79 Å². The van der Waals surface area contributed by atoms with E-state index in [9.17, 15) is 14.7 Å². The molecule has 2 aliphatic rings. The molecule has 0 saturated heterocycles. The molecular formula is C15H25NO4. The summed E-state index contributed by atoms with van der Waals surface area (Å²) in [6.07, 6.45) is 4.98. The summed E-state index contributed by atoms with van der Waals surface area (Å²) in [6.45, 7) is 5.49. The smallest absolute Gasteiger partial charge is 0.407 e. The normalized spacial score (nSPS) is 33.4. The van der Waals surface area contributed by atoms with Crippen LogP contribution in [-0.4, -0.2) is 28.8 Å². The van der Waals surface area contributed by atoms with E-state index in [1.807, 2.05) is 20.8 Å². The molecule has 0 aliphatic heterocycles. The van der Waals surface area contributed by atoms with E-state index in [0.29, 0.717) is 0 Å². The summed E-state index contributed by atoms with van der Waals surface area (Å²) in [4.78, 5) is 23.1. The summed E-state index contributed by atoms with van der Waals surface area (Å²) < 4.78 is 5.23. The first-order valence-corrected chi connectivity index (χ1v) is 7.44. The van der Waals surface area contributed by atoms with Gasteiger partial charge in [0.25, 0.3) is 0 Å². The van der Waals surface area contributed by atoms with Crippen LogP contribution in [0.3, 0.4) is 0 Å². The lowest BCUT2D eigenvalue weighted by Crippen LogP contribution is -2.56. The van der Waals surface area contributed by atoms with Gasteiger partial charge in [0.1, 0.15) is 5.60 Å². The van der Waals surface area contributed by atoms with Crippen LogP contribution < -0.4 is 5.32 Å². The average Bonchev–Trinajstić information content (AvgIpc) is 2.24. The van der Waals surface area contributed by atoms with Crippen LogP contribution in [0.2, 0.25) is 0 Å². The van der Waals surface area contributed by atoms with Crippen molar-refractivity contribution in [2.24, 2.45) is 11.3 Å². The Kier molecular flexibility index (Phi) is 3.98. The molecule has 114 valence electrons. The molecule has 1 unspecified atom stereocenters. The first-order valence-electron chi connectivity index (χ1n) is 7.44. The second-order valence-electron chi connectivity index (χ2n) is 7.25. The SMILES string of the molecule is CC(C)(C)OC(=O)NC1CC2(CCCCC2C(=O)O)C1. The van der Waals surface area contributed by atoms with E-state index >= 15 is 0 Å². The Morgan fingerprint density at radius 3 is 2.45 bits per heavy atom. The summed E-state index contributed by atoms with van der Waals surface area (Å²) in [5.74, 6) is -0.923. The fourth-order valence-electron chi connectivity index (χ4n) is 3.68. The van der Waals surface area contributed by atoms with Crippen LogP contribution in [0.4, 0.5) is 4.79 Å². The summed E-state index contributed by atoms with van der Waals surface area (Å²) in [7, 11) is 0. The Labute approximate surface area is 120 Å². The number of nitrogens with one attached hydrogen (secondary N) is 1. The fraction of sp³-hybridized carbons (Fsp3) is 0.867. The maximum absolute atomic E-state index is 11.7. The van der Waals surface area contributed by atoms with Gasteiger partial charge in [-0.15, -0.1) is 0 Å². The second-order valence-corrected chi connectivity index (χ2v) is 7.25. The molecule has 0 aromatic carbocycles. The summed E-state index contributed by atoms with van der Waals surface area (Å²) in [6, 6.07) is 0.0600. The predicted octanol–water partition coefficient (Wildman–Crippen LogP) is 2.93. The van der Waals surface area contributed by atoms with E-state index in [4.69, 9.17) is 4.74 Å². The van der Waals surface area contributed by atoms with Gasteiger partial charge in [0.15, 0.2) is 0 Å². The number of aliphatic carboxylic acids is 1. The van der Waals surface area contributed by atoms with Gasteiger partial charge in [0, 0.05) is 6.04 Å². The van der Waals surface area contributed by atoms with Crippen molar-refractivity contribution in [3.8, 4) is 0 Å². The van der Waals surface area contributed by atoms with Crippen molar-refractivity contribution in [2.45, 2.75) is 70.9 Å². The standard InChI is InChI=1S/C15H25NO4/c1-14(2,3)20-13(19)16-10-8-15(9-10)7-5-4-6-11(15)12(17)18/h10-11H,4-9H2,1-3H3,(H,16,19)(H,17,18). The number of carboxylic acid groups (broad SMARTS) is 1. The Morgan fingerprint density at radius 1 is 1.25 bits per heavy atom. The molecular weight excluding hydrogens is 258 g/mol. The van der Waals surface area contributed by atoms with Gasteiger partial charge in [0.05, 0.1) is 5.92 Å². The van der Waals surface area contributed by atoms with Crippen LogP contribution in [-0.2, 0) is 9.53 Å². The summed E-state index contributed by atoms with van der Waals surface area (Å²) >= 11 is 0. The minimum absolute atomic E-state index is 0.0600. The van der Waals surface area contributed by atoms with Gasteiger partial charge < -0.3 is 15.2 Å². The highest BCUT2D eigenvalue weighted by molar-refractivity contribution is 5.72. The number of carboxylic acids is 1. The van der Waals surface area contributed by atoms with Crippen molar-refractivity contribution < 1.29 is 19.4 Å². The number of ether oxygens (including phenoxy) is 1. The first kappa shape index (κ1) is 15.1. The van der Waals surface area contributed by atoms with E-state index in [1.165, 1.54) is 0 Å². The van der Waals surface area contributed by atoms with Crippen LogP contribution in [0.1, 0.15) is 59.3 Å². The predicted molar refractivity (Wildman–Crippen MR) is 74.4 cm³/mol. The van der Waals surface area contributed by atoms with Crippen LogP contribution in [0.5, 0.6) is 0 Å². The number of carbonyl (C=O) groups is 2. The molecule has 0 bridgehead atoms. The van der Waals surface area contributed by atoms with Crippen molar-refractivity contribution in [3.63, 3.8) is 0 Å². The third-order valence-corrected chi connectivity index (χ3v) is 4.48. The molecule has 1 amide bonds. The van der Waals surface area contributed by atoms with Gasteiger partial charge in [-0.05, 0) is 51.9 Å². The third kappa shape index (κ3) is 3.25. The molecule has 2 rings (SSSR count). The number of rotatable bonds is 2. The van der Waals surface area contributed by atoms with Gasteiger partial charge >= 0.3 is 12.1 Å². The summed E-state index contributed by atoms with van der Waals surface area (Å²) in [5.41, 5.74) is -0.594. The monoisotopic (exact) mass is 283 g/mol. The zero-order chi connectivity index (χ0) is 15.0. The Balaban J connectivity index is 1.86. The molecule has 2 saturated carbocycles. The number of alkyl carbamates (subject to hydrolysis) is 1. The molecule has 5 heteroatoms. The highest BCUT2D eigenvalue weighted by Crippen LogP contribution is 2.55. The van der Waals surface area contributed by atoms with Crippen LogP contribution in [0.15, 0.2) is 0 Å². The largest absolute Gasteiger partial charge is 0.481 e. The molecule has 1 spiro atoms. The minimum Gasteiger partial charge on any atom is -0.481 e. The van der Waals surface area contributed by atoms with E-state index < -0.39 is 17.7 Å². The maximum atomic E-state index is 11.7. The van der Waals surface area contributed by atoms with Gasteiger partial charge in [-0.2, -0.15) is 0 Å². The Morgan fingerprint density at radius 2 is 1.90 bits per heavy atom. The van der Waals surface area contributed by atoms with E-state index in [-0.39, 0.29) is 17.4 Å². The van der Waals surface area contributed by atoms with Gasteiger partial charge in [-0.3, -0.25) is 4.79 Å². The van der Waals surface area contributed by atoms with Crippen molar-refractivity contribution in [3.05, 3.63) is 0 Å². The highest BCUT2D eigenvalue weighted by Gasteiger charge is 2.53. The van der Waals surface area contributed by atoms with Crippen molar-refractivity contribution >= 4 is 12.1 Å². The Hall–Kier alpha value is -1.26. The molecule has 0 heterocycles. The van der Waals surface area contributed by atoms with E-state index in [1.54, 1.807) is 0 Å². The average molecular weight is 283 g/mol. The number of amides is 1. The van der Waals surface area contributed by atoms with E-state index in [2.05, 4.69) is 5.32 Å².